The van der Waals surface area contributed by atoms with Crippen LogP contribution >= 0.6 is 0 Å². The van der Waals surface area contributed by atoms with E-state index in [1.807, 2.05) is 25.1 Å². The molecule has 1 aromatic carbocycles. The van der Waals surface area contributed by atoms with Crippen molar-refractivity contribution in [2.24, 2.45) is 5.73 Å². The van der Waals surface area contributed by atoms with Gasteiger partial charge in [0.15, 0.2) is 0 Å². The van der Waals surface area contributed by atoms with Gasteiger partial charge < -0.3 is 15.2 Å². The molecule has 4 heteroatoms. The number of benzene rings is 1. The molecule has 4 nitrogen and oxygen atoms in total. The van der Waals surface area contributed by atoms with Crippen LogP contribution < -0.4 is 10.5 Å². The molecule has 0 fully saturated rings. The number of hydrogen-bond acceptors (Lipinski definition) is 4. The monoisotopic (exact) mass is 223 g/mol. The van der Waals surface area contributed by atoms with Crippen LogP contribution in [0.15, 0.2) is 18.2 Å². The minimum Gasteiger partial charge on any atom is -0.496 e. The van der Waals surface area contributed by atoms with Gasteiger partial charge in [0, 0.05) is 0 Å². The maximum absolute atomic E-state index is 11.2. The molecule has 0 radical (unpaired) electrons. The van der Waals surface area contributed by atoms with Gasteiger partial charge in [-0.1, -0.05) is 12.1 Å². The summed E-state index contributed by atoms with van der Waals surface area (Å²) in [6.07, 6.45) is 0.470. The van der Waals surface area contributed by atoms with Crippen LogP contribution in [-0.2, 0) is 16.0 Å². The molecule has 0 bridgehead atoms. The van der Waals surface area contributed by atoms with E-state index in [-0.39, 0.29) is 0 Å². The van der Waals surface area contributed by atoms with Crippen molar-refractivity contribution >= 4 is 5.97 Å². The molecule has 0 spiro atoms. The zero-order valence-corrected chi connectivity index (χ0v) is 9.82. The average Bonchev–Trinajstić information content (AvgIpc) is 2.28. The molecule has 0 aromatic heterocycles. The lowest BCUT2D eigenvalue weighted by Gasteiger charge is -2.11. The van der Waals surface area contributed by atoms with Gasteiger partial charge in [0.1, 0.15) is 11.8 Å². The number of aryl methyl sites for hydroxylation is 1. The van der Waals surface area contributed by atoms with Crippen molar-refractivity contribution < 1.29 is 14.3 Å². The van der Waals surface area contributed by atoms with Gasteiger partial charge in [-0.25, -0.2) is 0 Å². The standard InChI is InChI=1S/C12H17NO3/c1-8-6-9(4-5-11(8)15-2)7-10(13)12(14)16-3/h4-6,10H,7,13H2,1-3H3/t10-/m1/s1. The Morgan fingerprint density at radius 2 is 2.12 bits per heavy atom. The topological polar surface area (TPSA) is 61.5 Å². The van der Waals surface area contributed by atoms with Crippen LogP contribution in [0.1, 0.15) is 11.1 Å². The van der Waals surface area contributed by atoms with Crippen molar-refractivity contribution in [1.29, 1.82) is 0 Å². The van der Waals surface area contributed by atoms with Crippen LogP contribution in [0.4, 0.5) is 0 Å². The molecule has 16 heavy (non-hydrogen) atoms. The van der Waals surface area contributed by atoms with Gasteiger partial charge in [-0.05, 0) is 30.5 Å². The zero-order chi connectivity index (χ0) is 12.1. The Labute approximate surface area is 95.3 Å². The van der Waals surface area contributed by atoms with Crippen molar-refractivity contribution in [2.45, 2.75) is 19.4 Å². The average molecular weight is 223 g/mol. The van der Waals surface area contributed by atoms with E-state index in [4.69, 9.17) is 10.5 Å². The summed E-state index contributed by atoms with van der Waals surface area (Å²) in [4.78, 5) is 11.2. The molecule has 1 aromatic rings. The summed E-state index contributed by atoms with van der Waals surface area (Å²) < 4.78 is 9.72. The molecule has 0 saturated heterocycles. The van der Waals surface area contributed by atoms with E-state index < -0.39 is 12.0 Å². The Hall–Kier alpha value is -1.55. The Balaban J connectivity index is 2.75. The second-order valence-corrected chi connectivity index (χ2v) is 3.64. The normalized spacial score (nSPS) is 12.0. The highest BCUT2D eigenvalue weighted by molar-refractivity contribution is 5.75. The minimum atomic E-state index is -0.613. The van der Waals surface area contributed by atoms with Crippen LogP contribution in [0.25, 0.3) is 0 Å². The molecular formula is C12H17NO3. The van der Waals surface area contributed by atoms with Gasteiger partial charge in [-0.2, -0.15) is 0 Å². The number of nitrogens with two attached hydrogens (primary N) is 1. The first-order valence-electron chi connectivity index (χ1n) is 5.05. The fourth-order valence-corrected chi connectivity index (χ4v) is 1.56. The van der Waals surface area contributed by atoms with E-state index in [1.54, 1.807) is 7.11 Å². The lowest BCUT2D eigenvalue weighted by Crippen LogP contribution is -2.33. The molecule has 2 N–H and O–H groups in total. The molecule has 0 aliphatic carbocycles. The van der Waals surface area contributed by atoms with E-state index >= 15 is 0 Å². The molecule has 0 saturated carbocycles. The Morgan fingerprint density at radius 1 is 1.44 bits per heavy atom. The molecule has 0 aliphatic heterocycles. The lowest BCUT2D eigenvalue weighted by molar-refractivity contribution is -0.142. The number of esters is 1. The van der Waals surface area contributed by atoms with Gasteiger partial charge in [0.25, 0.3) is 0 Å². The summed E-state index contributed by atoms with van der Waals surface area (Å²) in [7, 11) is 2.96. The molecule has 0 amide bonds. The quantitative estimate of drug-likeness (QED) is 0.775. The van der Waals surface area contributed by atoms with Crippen molar-refractivity contribution in [2.75, 3.05) is 14.2 Å². The highest BCUT2D eigenvalue weighted by Gasteiger charge is 2.14. The van der Waals surface area contributed by atoms with Gasteiger partial charge >= 0.3 is 5.97 Å². The van der Waals surface area contributed by atoms with Crippen molar-refractivity contribution in [1.82, 2.24) is 0 Å². The maximum atomic E-state index is 11.2. The maximum Gasteiger partial charge on any atom is 0.322 e. The summed E-state index contributed by atoms with van der Waals surface area (Å²) in [5.74, 6) is 0.434. The van der Waals surface area contributed by atoms with Crippen LogP contribution in [-0.4, -0.2) is 26.2 Å². The number of hydrogen-bond donors (Lipinski definition) is 1. The number of ether oxygens (including phenoxy) is 2. The number of rotatable bonds is 4. The molecular weight excluding hydrogens is 206 g/mol. The molecule has 88 valence electrons. The first-order valence-corrected chi connectivity index (χ1v) is 5.05. The highest BCUT2D eigenvalue weighted by atomic mass is 16.5. The third-order valence-electron chi connectivity index (χ3n) is 2.42. The van der Waals surface area contributed by atoms with Crippen LogP contribution in [0, 0.1) is 6.92 Å². The Bertz CT molecular complexity index is 377. The third-order valence-corrected chi connectivity index (χ3v) is 2.42. The van der Waals surface area contributed by atoms with Crippen LogP contribution in [0.5, 0.6) is 5.75 Å². The predicted octanol–water partition coefficient (Wildman–Crippen LogP) is 1.05. The summed E-state index contributed by atoms with van der Waals surface area (Å²) in [6, 6.07) is 5.11. The Morgan fingerprint density at radius 3 is 2.62 bits per heavy atom. The first-order chi connectivity index (χ1) is 7.58. The fraction of sp³-hybridized carbons (Fsp3) is 0.417. The SMILES string of the molecule is COC(=O)[C@H](N)Cc1ccc(OC)c(C)c1. The second-order valence-electron chi connectivity index (χ2n) is 3.64. The summed E-state index contributed by atoms with van der Waals surface area (Å²) in [5.41, 5.74) is 7.70. The van der Waals surface area contributed by atoms with Crippen molar-refractivity contribution in [3.05, 3.63) is 29.3 Å². The number of methoxy groups -OCH3 is 2. The molecule has 0 unspecified atom stereocenters. The van der Waals surface area contributed by atoms with Crippen molar-refractivity contribution in [3.63, 3.8) is 0 Å². The van der Waals surface area contributed by atoms with Crippen molar-refractivity contribution in [3.8, 4) is 5.75 Å². The lowest BCUT2D eigenvalue weighted by atomic mass is 10.0. The third kappa shape index (κ3) is 2.97. The molecule has 0 heterocycles. The van der Waals surface area contributed by atoms with E-state index in [9.17, 15) is 4.79 Å². The van der Waals surface area contributed by atoms with E-state index in [0.29, 0.717) is 6.42 Å². The molecule has 0 aliphatic rings. The Kier molecular flexibility index (Phi) is 4.31. The zero-order valence-electron chi connectivity index (χ0n) is 9.82. The van der Waals surface area contributed by atoms with Crippen LogP contribution in [0.2, 0.25) is 0 Å². The van der Waals surface area contributed by atoms with Gasteiger partial charge in [-0.3, -0.25) is 4.79 Å². The fourth-order valence-electron chi connectivity index (χ4n) is 1.56. The van der Waals surface area contributed by atoms with Gasteiger partial charge in [0.05, 0.1) is 14.2 Å². The number of carbonyl (C=O) groups excluding carboxylic acids is 1. The van der Waals surface area contributed by atoms with E-state index in [1.165, 1.54) is 7.11 Å². The summed E-state index contributed by atoms with van der Waals surface area (Å²) >= 11 is 0. The molecule has 1 rings (SSSR count). The summed E-state index contributed by atoms with van der Waals surface area (Å²) in [6.45, 7) is 1.95. The van der Waals surface area contributed by atoms with E-state index in [2.05, 4.69) is 4.74 Å². The second kappa shape index (κ2) is 5.51. The van der Waals surface area contributed by atoms with Crippen LogP contribution in [0.3, 0.4) is 0 Å². The smallest absolute Gasteiger partial charge is 0.322 e. The number of carbonyl (C=O) groups is 1. The minimum absolute atomic E-state index is 0.395. The largest absolute Gasteiger partial charge is 0.496 e. The van der Waals surface area contributed by atoms with E-state index in [0.717, 1.165) is 16.9 Å². The van der Waals surface area contributed by atoms with Gasteiger partial charge in [-0.15, -0.1) is 0 Å². The predicted molar refractivity (Wildman–Crippen MR) is 61.4 cm³/mol. The highest BCUT2D eigenvalue weighted by Crippen LogP contribution is 2.19. The first kappa shape index (κ1) is 12.5. The van der Waals surface area contributed by atoms with Gasteiger partial charge in [0.2, 0.25) is 0 Å². The molecule has 1 atom stereocenters. The summed E-state index contributed by atoms with van der Waals surface area (Å²) in [5, 5.41) is 0.